The molecule has 6 heteroatoms. The fraction of sp³-hybridized carbons (Fsp3) is 0.333. The number of rotatable bonds is 7. The Morgan fingerprint density at radius 1 is 1.48 bits per heavy atom. The van der Waals surface area contributed by atoms with Crippen LogP contribution in [-0.4, -0.2) is 41.2 Å². The van der Waals surface area contributed by atoms with Crippen LogP contribution in [0.3, 0.4) is 0 Å². The van der Waals surface area contributed by atoms with Crippen molar-refractivity contribution in [2.75, 3.05) is 20.2 Å². The molecule has 0 atom stereocenters. The Hall–Kier alpha value is -1.92. The monoisotopic (exact) mass is 306 g/mol. The fourth-order valence-corrected chi connectivity index (χ4v) is 2.70. The maximum Gasteiger partial charge on any atom is 0.335 e. The molecule has 0 aliphatic carbocycles. The van der Waals surface area contributed by atoms with E-state index in [1.54, 1.807) is 29.5 Å². The summed E-state index contributed by atoms with van der Waals surface area (Å²) in [6, 6.07) is 6.53. The van der Waals surface area contributed by atoms with Gasteiger partial charge in [0.25, 0.3) is 0 Å². The summed E-state index contributed by atoms with van der Waals surface area (Å²) in [5.74, 6) is -0.365. The quantitative estimate of drug-likeness (QED) is 0.852. The third kappa shape index (κ3) is 4.54. The zero-order valence-corrected chi connectivity index (χ0v) is 12.9. The molecular formula is C15H18N2O3S. The molecular weight excluding hydrogens is 288 g/mol. The molecule has 1 N–H and O–H groups in total. The number of hydrogen-bond donors (Lipinski definition) is 1. The van der Waals surface area contributed by atoms with Crippen molar-refractivity contribution in [3.63, 3.8) is 0 Å². The molecule has 2 rings (SSSR count). The number of aryl methyl sites for hydroxylation is 1. The Kier molecular flexibility index (Phi) is 5.30. The van der Waals surface area contributed by atoms with Crippen molar-refractivity contribution in [1.29, 1.82) is 0 Å². The van der Waals surface area contributed by atoms with Crippen molar-refractivity contribution < 1.29 is 14.6 Å². The number of nitrogens with zero attached hydrogens (tertiary/aromatic N) is 2. The van der Waals surface area contributed by atoms with Gasteiger partial charge < -0.3 is 9.84 Å². The van der Waals surface area contributed by atoms with Gasteiger partial charge in [0.2, 0.25) is 0 Å². The van der Waals surface area contributed by atoms with Gasteiger partial charge in [-0.2, -0.15) is 0 Å². The fourth-order valence-electron chi connectivity index (χ4n) is 1.84. The number of likely N-dealkylation sites (N-methyl/N-ethyl adjacent to an activating group) is 1. The lowest BCUT2D eigenvalue weighted by Gasteiger charge is -2.16. The largest absolute Gasteiger partial charge is 0.492 e. The molecule has 0 bridgehead atoms. The third-order valence-corrected chi connectivity index (χ3v) is 4.00. The van der Waals surface area contributed by atoms with Gasteiger partial charge in [-0.25, -0.2) is 9.78 Å². The highest BCUT2D eigenvalue weighted by Crippen LogP contribution is 2.15. The Morgan fingerprint density at radius 3 is 2.95 bits per heavy atom. The number of thiazole rings is 1. The Balaban J connectivity index is 1.80. The number of carboxylic acid groups (broad SMARTS) is 1. The molecule has 1 aromatic carbocycles. The minimum atomic E-state index is -0.946. The molecule has 0 aliphatic heterocycles. The van der Waals surface area contributed by atoms with E-state index in [0.717, 1.165) is 18.8 Å². The number of ether oxygens (including phenoxy) is 1. The summed E-state index contributed by atoms with van der Waals surface area (Å²) in [6.45, 7) is 4.12. The minimum absolute atomic E-state index is 0.237. The molecule has 0 aliphatic rings. The summed E-state index contributed by atoms with van der Waals surface area (Å²) < 4.78 is 5.60. The molecule has 2 aromatic rings. The van der Waals surface area contributed by atoms with E-state index in [1.807, 2.05) is 19.5 Å². The molecule has 0 spiro atoms. The van der Waals surface area contributed by atoms with Crippen molar-refractivity contribution in [3.05, 3.63) is 45.9 Å². The molecule has 0 saturated carbocycles. The Labute approximate surface area is 127 Å². The van der Waals surface area contributed by atoms with Crippen LogP contribution >= 0.6 is 11.3 Å². The first-order valence-electron chi connectivity index (χ1n) is 6.60. The van der Waals surface area contributed by atoms with Crippen LogP contribution in [0.15, 0.2) is 29.8 Å². The number of hydrogen-bond acceptors (Lipinski definition) is 5. The molecule has 112 valence electrons. The maximum absolute atomic E-state index is 10.9. The lowest BCUT2D eigenvalue weighted by molar-refractivity contribution is 0.0696. The van der Waals surface area contributed by atoms with Gasteiger partial charge in [0.05, 0.1) is 16.8 Å². The predicted octanol–water partition coefficient (Wildman–Crippen LogP) is 2.66. The van der Waals surface area contributed by atoms with Crippen molar-refractivity contribution in [3.8, 4) is 5.75 Å². The maximum atomic E-state index is 10.9. The summed E-state index contributed by atoms with van der Waals surface area (Å²) >= 11 is 1.65. The summed E-state index contributed by atoms with van der Waals surface area (Å²) in [5.41, 5.74) is 3.16. The van der Waals surface area contributed by atoms with E-state index in [0.29, 0.717) is 12.4 Å². The zero-order valence-electron chi connectivity index (χ0n) is 12.1. The van der Waals surface area contributed by atoms with Gasteiger partial charge >= 0.3 is 5.97 Å². The molecule has 0 fully saturated rings. The molecule has 0 saturated heterocycles. The lowest BCUT2D eigenvalue weighted by atomic mass is 10.2. The van der Waals surface area contributed by atoms with Crippen LogP contribution < -0.4 is 4.74 Å². The highest BCUT2D eigenvalue weighted by molar-refractivity contribution is 7.09. The topological polar surface area (TPSA) is 62.7 Å². The highest BCUT2D eigenvalue weighted by atomic mass is 32.1. The van der Waals surface area contributed by atoms with Crippen molar-refractivity contribution in [2.24, 2.45) is 0 Å². The minimum Gasteiger partial charge on any atom is -0.492 e. The van der Waals surface area contributed by atoms with E-state index < -0.39 is 5.97 Å². The van der Waals surface area contributed by atoms with Crippen LogP contribution in [0.4, 0.5) is 0 Å². The molecule has 0 unspecified atom stereocenters. The van der Waals surface area contributed by atoms with Crippen LogP contribution in [0.25, 0.3) is 0 Å². The molecule has 5 nitrogen and oxygen atoms in total. The van der Waals surface area contributed by atoms with Crippen molar-refractivity contribution >= 4 is 17.3 Å². The van der Waals surface area contributed by atoms with Crippen LogP contribution in [0.2, 0.25) is 0 Å². The van der Waals surface area contributed by atoms with E-state index in [2.05, 4.69) is 9.88 Å². The van der Waals surface area contributed by atoms with Gasteiger partial charge in [0.1, 0.15) is 12.4 Å². The van der Waals surface area contributed by atoms with E-state index >= 15 is 0 Å². The van der Waals surface area contributed by atoms with E-state index in [9.17, 15) is 4.79 Å². The van der Waals surface area contributed by atoms with Crippen molar-refractivity contribution in [2.45, 2.75) is 13.5 Å². The number of carbonyl (C=O) groups is 1. The first-order chi connectivity index (χ1) is 10.1. The number of carboxylic acids is 1. The van der Waals surface area contributed by atoms with Crippen LogP contribution in [0, 0.1) is 6.92 Å². The van der Waals surface area contributed by atoms with Crippen LogP contribution in [0.5, 0.6) is 5.75 Å². The SMILES string of the molecule is Cc1ncsc1CN(C)CCOc1cccc(C(=O)O)c1. The van der Waals surface area contributed by atoms with E-state index in [4.69, 9.17) is 9.84 Å². The normalized spacial score (nSPS) is 10.8. The Morgan fingerprint density at radius 2 is 2.29 bits per heavy atom. The van der Waals surface area contributed by atoms with Crippen LogP contribution in [-0.2, 0) is 6.54 Å². The molecule has 0 radical (unpaired) electrons. The lowest BCUT2D eigenvalue weighted by Crippen LogP contribution is -2.23. The van der Waals surface area contributed by atoms with Gasteiger partial charge in [-0.15, -0.1) is 11.3 Å². The molecule has 21 heavy (non-hydrogen) atoms. The third-order valence-electron chi connectivity index (χ3n) is 3.08. The number of aromatic nitrogens is 1. The molecule has 1 heterocycles. The van der Waals surface area contributed by atoms with Gasteiger partial charge in [0, 0.05) is 18.0 Å². The molecule has 1 aromatic heterocycles. The van der Waals surface area contributed by atoms with E-state index in [1.165, 1.54) is 10.9 Å². The second-order valence-corrected chi connectivity index (χ2v) is 5.72. The van der Waals surface area contributed by atoms with Gasteiger partial charge in [-0.1, -0.05) is 6.07 Å². The number of aromatic carboxylic acids is 1. The van der Waals surface area contributed by atoms with E-state index in [-0.39, 0.29) is 5.56 Å². The second-order valence-electron chi connectivity index (χ2n) is 4.78. The van der Waals surface area contributed by atoms with Gasteiger partial charge in [-0.05, 0) is 32.2 Å². The summed E-state index contributed by atoms with van der Waals surface area (Å²) in [6.07, 6.45) is 0. The molecule has 0 amide bonds. The average molecular weight is 306 g/mol. The number of benzene rings is 1. The standard InChI is InChI=1S/C15H18N2O3S/c1-11-14(21-10-16-11)9-17(2)6-7-20-13-5-3-4-12(8-13)15(18)19/h3-5,8,10H,6-7,9H2,1-2H3,(H,18,19). The first-order valence-corrected chi connectivity index (χ1v) is 7.48. The smallest absolute Gasteiger partial charge is 0.335 e. The van der Waals surface area contributed by atoms with Crippen LogP contribution in [0.1, 0.15) is 20.9 Å². The summed E-state index contributed by atoms with van der Waals surface area (Å²) in [4.78, 5) is 18.5. The average Bonchev–Trinajstić information content (AvgIpc) is 2.84. The van der Waals surface area contributed by atoms with Gasteiger partial charge in [-0.3, -0.25) is 4.90 Å². The zero-order chi connectivity index (χ0) is 15.2. The Bertz CT molecular complexity index is 612. The summed E-state index contributed by atoms with van der Waals surface area (Å²) in [7, 11) is 2.02. The first kappa shape index (κ1) is 15.5. The predicted molar refractivity (Wildman–Crippen MR) is 82.1 cm³/mol. The highest BCUT2D eigenvalue weighted by Gasteiger charge is 2.07. The van der Waals surface area contributed by atoms with Crippen molar-refractivity contribution in [1.82, 2.24) is 9.88 Å². The summed E-state index contributed by atoms with van der Waals surface area (Å²) in [5, 5.41) is 8.92. The second kappa shape index (κ2) is 7.19. The van der Waals surface area contributed by atoms with Gasteiger partial charge in [0.15, 0.2) is 0 Å².